The molecular weight excluding hydrogens is 377 g/mol. The molecule has 0 unspecified atom stereocenters. The summed E-state index contributed by atoms with van der Waals surface area (Å²) in [5.41, 5.74) is 4.11. The largest absolute Gasteiger partial charge is 0.339 e. The van der Waals surface area contributed by atoms with Crippen molar-refractivity contribution >= 4 is 16.9 Å². The summed E-state index contributed by atoms with van der Waals surface area (Å²) in [6, 6.07) is 22.1. The third-order valence-electron chi connectivity index (χ3n) is 5.31. The maximum atomic E-state index is 13.8. The van der Waals surface area contributed by atoms with E-state index in [1.54, 1.807) is 11.0 Å². The lowest BCUT2D eigenvalue weighted by Crippen LogP contribution is -2.30. The van der Waals surface area contributed by atoms with Gasteiger partial charge in [0.05, 0.1) is 11.0 Å². The minimum absolute atomic E-state index is 0.00154. The van der Waals surface area contributed by atoms with Crippen LogP contribution >= 0.6 is 0 Å². The van der Waals surface area contributed by atoms with E-state index in [0.29, 0.717) is 25.2 Å². The molecule has 30 heavy (non-hydrogen) atoms. The molecule has 1 amide bonds. The van der Waals surface area contributed by atoms with Gasteiger partial charge in [0.1, 0.15) is 11.6 Å². The van der Waals surface area contributed by atoms with E-state index in [0.717, 1.165) is 28.0 Å². The highest BCUT2D eigenvalue weighted by Gasteiger charge is 2.17. The Balaban J connectivity index is 1.87. The van der Waals surface area contributed by atoms with Crippen LogP contribution in [0.1, 0.15) is 29.8 Å². The van der Waals surface area contributed by atoms with E-state index in [-0.39, 0.29) is 11.7 Å². The summed E-state index contributed by atoms with van der Waals surface area (Å²) in [6.45, 7) is 5.72. The van der Waals surface area contributed by atoms with Crippen LogP contribution < -0.4 is 0 Å². The first-order valence-electron chi connectivity index (χ1n) is 10.2. The van der Waals surface area contributed by atoms with E-state index in [1.807, 2.05) is 68.4 Å². The lowest BCUT2D eigenvalue weighted by atomic mass is 10.1. The number of imidazole rings is 1. The summed E-state index contributed by atoms with van der Waals surface area (Å²) in [6.07, 6.45) is 0. The quantitative estimate of drug-likeness (QED) is 0.435. The van der Waals surface area contributed by atoms with Gasteiger partial charge in [0.15, 0.2) is 0 Å². The summed E-state index contributed by atoms with van der Waals surface area (Å²) in [5, 5.41) is 0. The van der Waals surface area contributed by atoms with Gasteiger partial charge in [-0.25, -0.2) is 9.37 Å². The smallest absolute Gasteiger partial charge is 0.253 e. The first kappa shape index (κ1) is 19.8. The number of carbonyl (C=O) groups excluding carboxylic acids is 1. The zero-order chi connectivity index (χ0) is 21.1. The highest BCUT2D eigenvalue weighted by Crippen LogP contribution is 2.27. The normalized spacial score (nSPS) is 11.0. The molecule has 0 bridgehead atoms. The minimum atomic E-state index is -0.268. The number of hydrogen-bond donors (Lipinski definition) is 0. The second kappa shape index (κ2) is 8.49. The molecule has 0 spiro atoms. The Kier molecular flexibility index (Phi) is 5.61. The predicted octanol–water partition coefficient (Wildman–Crippen LogP) is 5.37. The number of amides is 1. The molecule has 0 N–H and O–H groups in total. The number of hydrogen-bond acceptors (Lipinski definition) is 2. The van der Waals surface area contributed by atoms with Gasteiger partial charge in [-0.2, -0.15) is 0 Å². The number of rotatable bonds is 6. The van der Waals surface area contributed by atoms with E-state index in [9.17, 15) is 9.18 Å². The molecule has 4 rings (SSSR count). The standard InChI is InChI=1S/C25H24FN3O/c1-3-28(4-2)25(30)20-13-14-22-23(16-20)29(17-18-9-8-12-21(26)15-18)24(27-22)19-10-6-5-7-11-19/h5-16H,3-4,17H2,1-2H3. The van der Waals surface area contributed by atoms with Gasteiger partial charge in [0, 0.05) is 30.8 Å². The molecule has 0 fully saturated rings. The van der Waals surface area contributed by atoms with Crippen LogP contribution in [0.25, 0.3) is 22.4 Å². The lowest BCUT2D eigenvalue weighted by molar-refractivity contribution is 0.0773. The highest BCUT2D eigenvalue weighted by atomic mass is 19.1. The van der Waals surface area contributed by atoms with Gasteiger partial charge in [0.2, 0.25) is 0 Å². The van der Waals surface area contributed by atoms with Crippen LogP contribution in [0, 0.1) is 5.82 Å². The molecular formula is C25H24FN3O. The van der Waals surface area contributed by atoms with Gasteiger partial charge in [-0.15, -0.1) is 0 Å². The molecule has 3 aromatic carbocycles. The molecule has 1 heterocycles. The maximum absolute atomic E-state index is 13.8. The van der Waals surface area contributed by atoms with Gasteiger partial charge in [-0.05, 0) is 49.7 Å². The zero-order valence-corrected chi connectivity index (χ0v) is 17.2. The van der Waals surface area contributed by atoms with Crippen LogP contribution in [-0.2, 0) is 6.54 Å². The van der Waals surface area contributed by atoms with Crippen molar-refractivity contribution < 1.29 is 9.18 Å². The third kappa shape index (κ3) is 3.83. The van der Waals surface area contributed by atoms with Crippen LogP contribution in [0.3, 0.4) is 0 Å². The summed E-state index contributed by atoms with van der Waals surface area (Å²) in [5.74, 6) is 0.527. The average molecular weight is 401 g/mol. The van der Waals surface area contributed by atoms with Crippen LogP contribution in [0.5, 0.6) is 0 Å². The van der Waals surface area contributed by atoms with Crippen molar-refractivity contribution in [3.05, 3.63) is 89.7 Å². The van der Waals surface area contributed by atoms with Crippen molar-refractivity contribution in [1.29, 1.82) is 0 Å². The van der Waals surface area contributed by atoms with Crippen molar-refractivity contribution in [1.82, 2.24) is 14.5 Å². The molecule has 0 atom stereocenters. The molecule has 152 valence electrons. The van der Waals surface area contributed by atoms with Crippen molar-refractivity contribution in [2.45, 2.75) is 20.4 Å². The zero-order valence-electron chi connectivity index (χ0n) is 17.2. The van der Waals surface area contributed by atoms with E-state index < -0.39 is 0 Å². The first-order valence-corrected chi connectivity index (χ1v) is 10.2. The highest BCUT2D eigenvalue weighted by molar-refractivity contribution is 5.98. The van der Waals surface area contributed by atoms with Gasteiger partial charge in [-0.1, -0.05) is 42.5 Å². The van der Waals surface area contributed by atoms with Gasteiger partial charge in [-0.3, -0.25) is 4.79 Å². The summed E-state index contributed by atoms with van der Waals surface area (Å²) >= 11 is 0. The Hall–Kier alpha value is -3.47. The molecule has 0 saturated carbocycles. The van der Waals surface area contributed by atoms with Crippen LogP contribution in [0.15, 0.2) is 72.8 Å². The van der Waals surface area contributed by atoms with Crippen molar-refractivity contribution in [2.24, 2.45) is 0 Å². The summed E-state index contributed by atoms with van der Waals surface area (Å²) < 4.78 is 15.8. The summed E-state index contributed by atoms with van der Waals surface area (Å²) in [7, 11) is 0. The van der Waals surface area contributed by atoms with Crippen LogP contribution in [0.4, 0.5) is 4.39 Å². The number of aromatic nitrogens is 2. The van der Waals surface area contributed by atoms with Gasteiger partial charge < -0.3 is 9.47 Å². The molecule has 0 aliphatic rings. The van der Waals surface area contributed by atoms with Crippen molar-refractivity contribution in [3.63, 3.8) is 0 Å². The van der Waals surface area contributed by atoms with Gasteiger partial charge in [0.25, 0.3) is 5.91 Å². The maximum Gasteiger partial charge on any atom is 0.253 e. The monoisotopic (exact) mass is 401 g/mol. The molecule has 0 aliphatic carbocycles. The molecule has 5 heteroatoms. The minimum Gasteiger partial charge on any atom is -0.339 e. The van der Waals surface area contributed by atoms with E-state index in [2.05, 4.69) is 4.57 Å². The number of fused-ring (bicyclic) bond motifs is 1. The van der Waals surface area contributed by atoms with E-state index in [4.69, 9.17) is 4.98 Å². The topological polar surface area (TPSA) is 38.1 Å². The Labute approximate surface area is 175 Å². The second-order valence-corrected chi connectivity index (χ2v) is 7.20. The fraction of sp³-hybridized carbons (Fsp3) is 0.200. The fourth-order valence-corrected chi connectivity index (χ4v) is 3.73. The Morgan fingerprint density at radius 2 is 1.73 bits per heavy atom. The van der Waals surface area contributed by atoms with Gasteiger partial charge >= 0.3 is 0 Å². The number of halogens is 1. The average Bonchev–Trinajstić information content (AvgIpc) is 3.13. The van der Waals surface area contributed by atoms with Crippen LogP contribution in [-0.4, -0.2) is 33.4 Å². The molecule has 0 aliphatic heterocycles. The SMILES string of the molecule is CCN(CC)C(=O)c1ccc2nc(-c3ccccc3)n(Cc3cccc(F)c3)c2c1. The van der Waals surface area contributed by atoms with Crippen molar-refractivity contribution in [3.8, 4) is 11.4 Å². The second-order valence-electron chi connectivity index (χ2n) is 7.20. The number of carbonyl (C=O) groups is 1. The molecule has 4 aromatic rings. The third-order valence-corrected chi connectivity index (χ3v) is 5.31. The number of benzene rings is 3. The Morgan fingerprint density at radius 1 is 0.967 bits per heavy atom. The van der Waals surface area contributed by atoms with E-state index >= 15 is 0 Å². The first-order chi connectivity index (χ1) is 14.6. The predicted molar refractivity (Wildman–Crippen MR) is 118 cm³/mol. The van der Waals surface area contributed by atoms with Crippen molar-refractivity contribution in [2.75, 3.05) is 13.1 Å². The lowest BCUT2D eigenvalue weighted by Gasteiger charge is -2.18. The Bertz CT molecular complexity index is 1180. The van der Waals surface area contributed by atoms with Crippen LogP contribution in [0.2, 0.25) is 0 Å². The Morgan fingerprint density at radius 3 is 2.43 bits per heavy atom. The fourth-order valence-electron chi connectivity index (χ4n) is 3.73. The molecule has 0 saturated heterocycles. The number of nitrogens with zero attached hydrogens (tertiary/aromatic N) is 3. The molecule has 4 nitrogen and oxygen atoms in total. The summed E-state index contributed by atoms with van der Waals surface area (Å²) in [4.78, 5) is 19.5. The van der Waals surface area contributed by atoms with E-state index in [1.165, 1.54) is 12.1 Å². The molecule has 1 aromatic heterocycles. The molecule has 0 radical (unpaired) electrons.